The van der Waals surface area contributed by atoms with Crippen molar-refractivity contribution in [3.05, 3.63) is 66.5 Å². The third-order valence-electron chi connectivity index (χ3n) is 4.04. The minimum atomic E-state index is -0.327. The van der Waals surface area contributed by atoms with Crippen molar-refractivity contribution in [1.82, 2.24) is 20.2 Å². The first kappa shape index (κ1) is 18.0. The van der Waals surface area contributed by atoms with E-state index in [9.17, 15) is 4.79 Å². The molecule has 0 aliphatic carbocycles. The lowest BCUT2D eigenvalue weighted by molar-refractivity contribution is -0.120. The summed E-state index contributed by atoms with van der Waals surface area (Å²) in [5.74, 6) is 6.73. The number of hydrogen-bond acceptors (Lipinski definition) is 5. The fourth-order valence-electron chi connectivity index (χ4n) is 2.65. The first-order valence-electron chi connectivity index (χ1n) is 8.31. The van der Waals surface area contributed by atoms with E-state index >= 15 is 0 Å². The Kier molecular flexibility index (Phi) is 5.58. The van der Waals surface area contributed by atoms with Crippen molar-refractivity contribution >= 4 is 28.4 Å². The molecule has 0 saturated heterocycles. The van der Waals surface area contributed by atoms with Crippen LogP contribution in [0.15, 0.2) is 60.3 Å². The summed E-state index contributed by atoms with van der Waals surface area (Å²) in [5.41, 5.74) is 1.13. The zero-order valence-electron chi connectivity index (χ0n) is 14.6. The molecule has 3 aromatic rings. The molecule has 1 heterocycles. The van der Waals surface area contributed by atoms with E-state index in [1.54, 1.807) is 6.08 Å². The average molecular weight is 367 g/mol. The summed E-state index contributed by atoms with van der Waals surface area (Å²) in [6.07, 6.45) is 2.21. The monoisotopic (exact) mass is 367 g/mol. The number of carbonyl (C=O) groups is 1. The van der Waals surface area contributed by atoms with Crippen LogP contribution in [-0.4, -0.2) is 32.6 Å². The number of hydrogen-bond donors (Lipinski definition) is 2. The first-order chi connectivity index (χ1) is 12.6. The summed E-state index contributed by atoms with van der Waals surface area (Å²) in [6, 6.07) is 14.4. The third-order valence-corrected chi connectivity index (χ3v) is 5.09. The highest BCUT2D eigenvalue weighted by Gasteiger charge is 2.19. The number of benzene rings is 2. The summed E-state index contributed by atoms with van der Waals surface area (Å²) in [7, 11) is 0. The number of carbonyl (C=O) groups excluding carboxylic acids is 1. The van der Waals surface area contributed by atoms with Crippen LogP contribution in [0.5, 0.6) is 0 Å². The van der Waals surface area contributed by atoms with E-state index in [0.29, 0.717) is 23.9 Å². The first-order valence-corrected chi connectivity index (χ1v) is 9.19. The Morgan fingerprint density at radius 3 is 2.88 bits per heavy atom. The second-order valence-electron chi connectivity index (χ2n) is 5.88. The molecule has 2 aromatic carbocycles. The lowest BCUT2D eigenvalue weighted by atomic mass is 10.0. The number of nitrogen functional groups attached to an aromatic ring is 1. The van der Waals surface area contributed by atoms with E-state index in [4.69, 9.17) is 5.84 Å². The Balaban J connectivity index is 1.76. The maximum atomic E-state index is 12.0. The second kappa shape index (κ2) is 8.05. The Hall–Kier alpha value is -2.80. The lowest BCUT2D eigenvalue weighted by Gasteiger charge is -2.10. The SMILES string of the molecule is C=CCNC(=O)[C@H](C)Sc1nnc(Cc2cccc3ccccc23)n1N. The molecule has 3 rings (SSSR count). The molecule has 6 nitrogen and oxygen atoms in total. The maximum absolute atomic E-state index is 12.0. The summed E-state index contributed by atoms with van der Waals surface area (Å²) in [4.78, 5) is 12.0. The molecule has 0 saturated carbocycles. The quantitative estimate of drug-likeness (QED) is 0.381. The normalized spacial score (nSPS) is 12.0. The van der Waals surface area contributed by atoms with Gasteiger partial charge in [-0.3, -0.25) is 4.79 Å². The summed E-state index contributed by atoms with van der Waals surface area (Å²) in [5, 5.41) is 13.7. The van der Waals surface area contributed by atoms with Gasteiger partial charge in [0.05, 0.1) is 5.25 Å². The molecule has 134 valence electrons. The van der Waals surface area contributed by atoms with Gasteiger partial charge in [-0.05, 0) is 23.3 Å². The molecule has 0 fully saturated rings. The highest BCUT2D eigenvalue weighted by atomic mass is 32.2. The zero-order valence-corrected chi connectivity index (χ0v) is 15.4. The maximum Gasteiger partial charge on any atom is 0.233 e. The van der Waals surface area contributed by atoms with Gasteiger partial charge in [0.25, 0.3) is 0 Å². The molecule has 26 heavy (non-hydrogen) atoms. The van der Waals surface area contributed by atoms with Crippen LogP contribution >= 0.6 is 11.8 Å². The molecule has 0 bridgehead atoms. The molecule has 1 atom stereocenters. The van der Waals surface area contributed by atoms with Crippen LogP contribution in [-0.2, 0) is 11.2 Å². The number of amides is 1. The van der Waals surface area contributed by atoms with Crippen LogP contribution < -0.4 is 11.2 Å². The molecule has 3 N–H and O–H groups in total. The van der Waals surface area contributed by atoms with Crippen molar-refractivity contribution in [2.24, 2.45) is 0 Å². The summed E-state index contributed by atoms with van der Waals surface area (Å²) >= 11 is 1.28. The smallest absolute Gasteiger partial charge is 0.233 e. The van der Waals surface area contributed by atoms with E-state index in [1.165, 1.54) is 27.2 Å². The van der Waals surface area contributed by atoms with Crippen molar-refractivity contribution in [2.75, 3.05) is 12.4 Å². The number of nitrogens with zero attached hydrogens (tertiary/aromatic N) is 3. The number of nitrogens with two attached hydrogens (primary N) is 1. The van der Waals surface area contributed by atoms with Crippen LogP contribution in [0, 0.1) is 0 Å². The van der Waals surface area contributed by atoms with Gasteiger partial charge in [-0.25, -0.2) is 4.68 Å². The molecular weight excluding hydrogens is 346 g/mol. The second-order valence-corrected chi connectivity index (χ2v) is 7.19. The van der Waals surface area contributed by atoms with Gasteiger partial charge in [0, 0.05) is 13.0 Å². The molecule has 0 spiro atoms. The Morgan fingerprint density at radius 2 is 2.08 bits per heavy atom. The Morgan fingerprint density at radius 1 is 1.31 bits per heavy atom. The summed E-state index contributed by atoms with van der Waals surface area (Å²) in [6.45, 7) is 5.83. The Bertz CT molecular complexity index is 931. The molecule has 0 aliphatic rings. The van der Waals surface area contributed by atoms with Gasteiger partial charge in [-0.1, -0.05) is 60.3 Å². The predicted molar refractivity (Wildman–Crippen MR) is 105 cm³/mol. The van der Waals surface area contributed by atoms with Crippen LogP contribution in [0.4, 0.5) is 0 Å². The molecule has 0 radical (unpaired) electrons. The van der Waals surface area contributed by atoms with Crippen molar-refractivity contribution < 1.29 is 4.79 Å². The van der Waals surface area contributed by atoms with Crippen molar-refractivity contribution in [1.29, 1.82) is 0 Å². The van der Waals surface area contributed by atoms with Crippen molar-refractivity contribution in [2.45, 2.75) is 23.8 Å². The molecule has 1 aromatic heterocycles. The molecule has 0 aliphatic heterocycles. The van der Waals surface area contributed by atoms with E-state index < -0.39 is 0 Å². The van der Waals surface area contributed by atoms with E-state index in [0.717, 1.165) is 5.56 Å². The van der Waals surface area contributed by atoms with Gasteiger partial charge in [0.15, 0.2) is 5.82 Å². The van der Waals surface area contributed by atoms with E-state index in [1.807, 2.05) is 25.1 Å². The highest BCUT2D eigenvalue weighted by molar-refractivity contribution is 8.00. The predicted octanol–water partition coefficient (Wildman–Crippen LogP) is 2.52. The minimum absolute atomic E-state index is 0.0893. The zero-order chi connectivity index (χ0) is 18.5. The van der Waals surface area contributed by atoms with Crippen LogP contribution in [0.2, 0.25) is 0 Å². The van der Waals surface area contributed by atoms with Crippen LogP contribution in [0.25, 0.3) is 10.8 Å². The van der Waals surface area contributed by atoms with Crippen LogP contribution in [0.3, 0.4) is 0 Å². The molecule has 1 amide bonds. The van der Waals surface area contributed by atoms with Gasteiger partial charge >= 0.3 is 0 Å². The van der Waals surface area contributed by atoms with Crippen molar-refractivity contribution in [3.63, 3.8) is 0 Å². The number of rotatable bonds is 7. The molecule has 0 unspecified atom stereocenters. The number of aromatic nitrogens is 3. The highest BCUT2D eigenvalue weighted by Crippen LogP contribution is 2.24. The van der Waals surface area contributed by atoms with E-state index in [-0.39, 0.29) is 11.2 Å². The van der Waals surface area contributed by atoms with Gasteiger partial charge in [-0.15, -0.1) is 16.8 Å². The fraction of sp³-hybridized carbons (Fsp3) is 0.211. The van der Waals surface area contributed by atoms with Crippen molar-refractivity contribution in [3.8, 4) is 0 Å². The van der Waals surface area contributed by atoms with Crippen LogP contribution in [0.1, 0.15) is 18.3 Å². The minimum Gasteiger partial charge on any atom is -0.352 e. The lowest BCUT2D eigenvalue weighted by Crippen LogP contribution is -2.31. The summed E-state index contributed by atoms with van der Waals surface area (Å²) < 4.78 is 1.46. The number of fused-ring (bicyclic) bond motifs is 1. The number of thioether (sulfide) groups is 1. The standard InChI is InChI=1S/C19H21N5OS/c1-3-11-21-18(25)13(2)26-19-23-22-17(24(19)20)12-15-9-6-8-14-7-4-5-10-16(14)15/h3-10,13H,1,11-12,20H2,2H3,(H,21,25)/t13-/m0/s1. The van der Waals surface area contributed by atoms with Gasteiger partial charge in [0.2, 0.25) is 11.1 Å². The third kappa shape index (κ3) is 3.88. The number of nitrogens with one attached hydrogen (secondary N) is 1. The molecule has 7 heteroatoms. The van der Waals surface area contributed by atoms with E-state index in [2.05, 4.69) is 46.4 Å². The average Bonchev–Trinajstić information content (AvgIpc) is 2.99. The molecular formula is C19H21N5OS. The largest absolute Gasteiger partial charge is 0.352 e. The van der Waals surface area contributed by atoms with Gasteiger partial charge < -0.3 is 11.2 Å². The topological polar surface area (TPSA) is 85.8 Å². The Labute approximate surface area is 156 Å². The fourth-order valence-corrected chi connectivity index (χ4v) is 3.47. The van der Waals surface area contributed by atoms with Gasteiger partial charge in [0.1, 0.15) is 0 Å². The van der Waals surface area contributed by atoms with Gasteiger partial charge in [-0.2, -0.15) is 0 Å².